The van der Waals surface area contributed by atoms with Crippen LogP contribution in [0.1, 0.15) is 37.5 Å². The minimum absolute atomic E-state index is 0.0747. The lowest BCUT2D eigenvalue weighted by molar-refractivity contribution is 0.660. The summed E-state index contributed by atoms with van der Waals surface area (Å²) in [6, 6.07) is 24.7. The maximum Gasteiger partial charge on any atom is 0.0159 e. The van der Waals surface area contributed by atoms with Gasteiger partial charge < -0.3 is 0 Å². The van der Waals surface area contributed by atoms with E-state index in [1.165, 1.54) is 38.9 Å². The monoisotopic (exact) mass is 298 g/mol. The van der Waals surface area contributed by atoms with Gasteiger partial charge >= 0.3 is 0 Å². The molecule has 1 aliphatic carbocycles. The molecule has 0 saturated carbocycles. The fourth-order valence-electron chi connectivity index (χ4n) is 3.82. The third kappa shape index (κ3) is 2.13. The van der Waals surface area contributed by atoms with Crippen molar-refractivity contribution in [2.45, 2.75) is 32.6 Å². The van der Waals surface area contributed by atoms with Gasteiger partial charge in [-0.2, -0.15) is 0 Å². The second-order valence-corrected chi connectivity index (χ2v) is 6.98. The largest absolute Gasteiger partial charge is 0.0619 e. The first-order valence-electron chi connectivity index (χ1n) is 8.45. The van der Waals surface area contributed by atoms with E-state index in [-0.39, 0.29) is 5.41 Å². The Balaban J connectivity index is 1.85. The van der Waals surface area contributed by atoms with Gasteiger partial charge in [0.1, 0.15) is 0 Å². The van der Waals surface area contributed by atoms with Crippen LogP contribution in [0.2, 0.25) is 0 Å². The maximum atomic E-state index is 2.39. The molecule has 0 atom stereocenters. The Kier molecular flexibility index (Phi) is 3.16. The molecule has 0 amide bonds. The third-order valence-corrected chi connectivity index (χ3v) is 5.28. The van der Waals surface area contributed by atoms with Crippen LogP contribution in [0, 0.1) is 0 Å². The summed E-state index contributed by atoms with van der Waals surface area (Å²) in [4.78, 5) is 0. The van der Waals surface area contributed by atoms with Crippen LogP contribution >= 0.6 is 0 Å². The van der Waals surface area contributed by atoms with Crippen LogP contribution < -0.4 is 0 Å². The summed E-state index contributed by atoms with van der Waals surface area (Å²) in [6.45, 7) is 6.87. The average Bonchev–Trinajstić information content (AvgIpc) is 2.83. The summed E-state index contributed by atoms with van der Waals surface area (Å²) in [5.41, 5.74) is 9.74. The Morgan fingerprint density at radius 2 is 1.35 bits per heavy atom. The van der Waals surface area contributed by atoms with Gasteiger partial charge in [-0.3, -0.25) is 0 Å². The summed E-state index contributed by atoms with van der Waals surface area (Å²) in [5.74, 6) is 0. The highest BCUT2D eigenvalue weighted by Gasteiger charge is 2.35. The molecule has 0 radical (unpaired) electrons. The van der Waals surface area contributed by atoms with Gasteiger partial charge in [-0.15, -0.1) is 0 Å². The Morgan fingerprint density at radius 1 is 0.696 bits per heavy atom. The van der Waals surface area contributed by atoms with Gasteiger partial charge in [-0.05, 0) is 51.4 Å². The van der Waals surface area contributed by atoms with Crippen molar-refractivity contribution in [3.8, 4) is 22.3 Å². The van der Waals surface area contributed by atoms with Crippen LogP contribution in [-0.4, -0.2) is 0 Å². The molecule has 0 nitrogen and oxygen atoms in total. The van der Waals surface area contributed by atoms with E-state index in [4.69, 9.17) is 0 Å². The molecule has 0 unspecified atom stereocenters. The van der Waals surface area contributed by atoms with Crippen LogP contribution in [0.4, 0.5) is 0 Å². The second kappa shape index (κ2) is 5.09. The summed E-state index contributed by atoms with van der Waals surface area (Å²) in [5, 5.41) is 0. The van der Waals surface area contributed by atoms with Crippen molar-refractivity contribution < 1.29 is 0 Å². The van der Waals surface area contributed by atoms with Crippen LogP contribution in [-0.2, 0) is 11.8 Å². The van der Waals surface area contributed by atoms with Crippen molar-refractivity contribution in [3.63, 3.8) is 0 Å². The highest BCUT2D eigenvalue weighted by atomic mass is 14.4. The van der Waals surface area contributed by atoms with Gasteiger partial charge in [0.2, 0.25) is 0 Å². The summed E-state index contributed by atoms with van der Waals surface area (Å²) in [6.07, 6.45) is 1.09. The van der Waals surface area contributed by atoms with E-state index in [1.807, 2.05) is 0 Å². The van der Waals surface area contributed by atoms with Crippen molar-refractivity contribution in [1.82, 2.24) is 0 Å². The average molecular weight is 298 g/mol. The Bertz CT molecular complexity index is 867. The molecule has 0 heteroatoms. The molecule has 0 bridgehead atoms. The Hall–Kier alpha value is -2.34. The van der Waals surface area contributed by atoms with E-state index in [9.17, 15) is 0 Å². The third-order valence-electron chi connectivity index (χ3n) is 5.28. The number of aryl methyl sites for hydroxylation is 1. The molecule has 0 heterocycles. The van der Waals surface area contributed by atoms with Crippen LogP contribution in [0.15, 0.2) is 66.7 Å². The zero-order chi connectivity index (χ0) is 16.0. The fraction of sp³-hybridized carbons (Fsp3) is 0.217. The zero-order valence-corrected chi connectivity index (χ0v) is 14.1. The molecule has 3 aromatic carbocycles. The normalized spacial score (nSPS) is 14.4. The summed E-state index contributed by atoms with van der Waals surface area (Å²) < 4.78 is 0. The molecule has 0 N–H and O–H groups in total. The van der Waals surface area contributed by atoms with Crippen molar-refractivity contribution in [2.75, 3.05) is 0 Å². The minimum Gasteiger partial charge on any atom is -0.0619 e. The Morgan fingerprint density at radius 3 is 2.09 bits per heavy atom. The lowest BCUT2D eigenvalue weighted by atomic mass is 9.81. The molecule has 0 aliphatic heterocycles. The molecule has 4 rings (SSSR count). The molecule has 1 aliphatic rings. The van der Waals surface area contributed by atoms with E-state index in [1.54, 1.807) is 0 Å². The first-order valence-corrected chi connectivity index (χ1v) is 8.45. The molecule has 23 heavy (non-hydrogen) atoms. The van der Waals surface area contributed by atoms with Gasteiger partial charge in [-0.1, -0.05) is 81.4 Å². The lowest BCUT2D eigenvalue weighted by Crippen LogP contribution is -2.14. The highest BCUT2D eigenvalue weighted by Crippen LogP contribution is 2.49. The quantitative estimate of drug-likeness (QED) is 0.526. The highest BCUT2D eigenvalue weighted by molar-refractivity contribution is 5.83. The van der Waals surface area contributed by atoms with Gasteiger partial charge in [-0.25, -0.2) is 0 Å². The summed E-state index contributed by atoms with van der Waals surface area (Å²) in [7, 11) is 0. The van der Waals surface area contributed by atoms with E-state index >= 15 is 0 Å². The predicted molar refractivity (Wildman–Crippen MR) is 98.8 cm³/mol. The Labute approximate surface area is 138 Å². The molecular formula is C23H22. The number of hydrogen-bond donors (Lipinski definition) is 0. The van der Waals surface area contributed by atoms with Gasteiger partial charge in [0.15, 0.2) is 0 Å². The van der Waals surface area contributed by atoms with Gasteiger partial charge in [0.25, 0.3) is 0 Å². The smallest absolute Gasteiger partial charge is 0.0159 e. The first kappa shape index (κ1) is 14.3. The van der Waals surface area contributed by atoms with Crippen molar-refractivity contribution >= 4 is 0 Å². The molecule has 3 aromatic rings. The maximum absolute atomic E-state index is 2.39. The van der Waals surface area contributed by atoms with Gasteiger partial charge in [0, 0.05) is 5.41 Å². The number of hydrogen-bond acceptors (Lipinski definition) is 0. The van der Waals surface area contributed by atoms with E-state index in [2.05, 4.69) is 87.5 Å². The second-order valence-electron chi connectivity index (χ2n) is 6.98. The molecule has 0 spiro atoms. The predicted octanol–water partition coefficient (Wildman–Crippen LogP) is 6.22. The van der Waals surface area contributed by atoms with Crippen LogP contribution in [0.3, 0.4) is 0 Å². The van der Waals surface area contributed by atoms with Crippen LogP contribution in [0.25, 0.3) is 22.3 Å². The number of benzene rings is 3. The lowest BCUT2D eigenvalue weighted by Gasteiger charge is -2.22. The minimum atomic E-state index is 0.0747. The zero-order valence-electron chi connectivity index (χ0n) is 14.1. The number of fused-ring (bicyclic) bond motifs is 3. The topological polar surface area (TPSA) is 0 Å². The van der Waals surface area contributed by atoms with Crippen LogP contribution in [0.5, 0.6) is 0 Å². The standard InChI is InChI=1S/C23H22/c1-4-16-9-11-17(12-10-16)18-13-14-20-19-7-5-6-8-21(19)23(2,3)22(20)15-18/h5-15H,4H2,1-3H3. The number of rotatable bonds is 2. The van der Waals surface area contributed by atoms with Crippen molar-refractivity contribution in [1.29, 1.82) is 0 Å². The molecule has 0 aromatic heterocycles. The molecule has 114 valence electrons. The van der Waals surface area contributed by atoms with Crippen molar-refractivity contribution in [2.24, 2.45) is 0 Å². The van der Waals surface area contributed by atoms with E-state index < -0.39 is 0 Å². The van der Waals surface area contributed by atoms with E-state index in [0.717, 1.165) is 6.42 Å². The first-order chi connectivity index (χ1) is 11.1. The van der Waals surface area contributed by atoms with E-state index in [0.29, 0.717) is 0 Å². The molecule has 0 saturated heterocycles. The fourth-order valence-corrected chi connectivity index (χ4v) is 3.82. The molecular weight excluding hydrogens is 276 g/mol. The van der Waals surface area contributed by atoms with Crippen molar-refractivity contribution in [3.05, 3.63) is 83.4 Å². The van der Waals surface area contributed by atoms with Gasteiger partial charge in [0.05, 0.1) is 0 Å². The molecule has 0 fully saturated rings. The summed E-state index contributed by atoms with van der Waals surface area (Å²) >= 11 is 0. The SMILES string of the molecule is CCc1ccc(-c2ccc3c(c2)C(C)(C)c2ccccc2-3)cc1.